The van der Waals surface area contributed by atoms with Gasteiger partial charge < -0.3 is 25.2 Å². The molecule has 1 amide bonds. The molecule has 0 unspecified atom stereocenters. The SMILES string of the molecule is CCNC(=NCC1(N(C)C)CCOCC1)N1CCN(CC(=O)NC2CC2)CC1. The molecule has 0 aromatic heterocycles. The molecule has 3 aliphatic rings. The maximum absolute atomic E-state index is 12.0. The van der Waals surface area contributed by atoms with Gasteiger partial charge in [0, 0.05) is 57.5 Å². The number of amides is 1. The normalized spacial score (nSPS) is 23.7. The monoisotopic (exact) mass is 394 g/mol. The molecule has 0 aromatic carbocycles. The summed E-state index contributed by atoms with van der Waals surface area (Å²) in [5.41, 5.74) is 0.0850. The van der Waals surface area contributed by atoms with Crippen LogP contribution in [-0.2, 0) is 9.53 Å². The van der Waals surface area contributed by atoms with Crippen molar-refractivity contribution in [1.29, 1.82) is 0 Å². The molecule has 0 radical (unpaired) electrons. The summed E-state index contributed by atoms with van der Waals surface area (Å²) in [6.45, 7) is 9.51. The summed E-state index contributed by atoms with van der Waals surface area (Å²) in [5, 5.41) is 6.55. The first-order chi connectivity index (χ1) is 13.5. The lowest BCUT2D eigenvalue weighted by atomic mass is 9.89. The Morgan fingerprint density at radius 1 is 1.18 bits per heavy atom. The number of hydrogen-bond donors (Lipinski definition) is 2. The first-order valence-electron chi connectivity index (χ1n) is 10.8. The molecule has 1 saturated carbocycles. The summed E-state index contributed by atoms with van der Waals surface area (Å²) in [6.07, 6.45) is 4.32. The minimum Gasteiger partial charge on any atom is -0.381 e. The van der Waals surface area contributed by atoms with Crippen molar-refractivity contribution in [2.75, 3.05) is 73.1 Å². The lowest BCUT2D eigenvalue weighted by Gasteiger charge is -2.42. The Labute approximate surface area is 169 Å². The highest BCUT2D eigenvalue weighted by Crippen LogP contribution is 2.26. The molecule has 8 nitrogen and oxygen atoms in total. The van der Waals surface area contributed by atoms with E-state index in [2.05, 4.69) is 46.4 Å². The molecule has 0 spiro atoms. The van der Waals surface area contributed by atoms with Crippen LogP contribution in [0.1, 0.15) is 32.6 Å². The minimum absolute atomic E-state index is 0.0850. The molecule has 2 heterocycles. The number of piperazine rings is 1. The maximum atomic E-state index is 12.0. The molecule has 2 saturated heterocycles. The Morgan fingerprint density at radius 3 is 2.43 bits per heavy atom. The van der Waals surface area contributed by atoms with Gasteiger partial charge in [-0.2, -0.15) is 0 Å². The number of rotatable bonds is 7. The average molecular weight is 395 g/mol. The zero-order valence-corrected chi connectivity index (χ0v) is 17.9. The van der Waals surface area contributed by atoms with Gasteiger partial charge in [-0.15, -0.1) is 0 Å². The Bertz CT molecular complexity index is 535. The fourth-order valence-electron chi connectivity index (χ4n) is 3.97. The number of hydrogen-bond acceptors (Lipinski definition) is 5. The van der Waals surface area contributed by atoms with Crippen LogP contribution in [0.15, 0.2) is 4.99 Å². The van der Waals surface area contributed by atoms with Gasteiger partial charge in [-0.05, 0) is 46.7 Å². The Kier molecular flexibility index (Phi) is 7.54. The molecule has 1 aliphatic carbocycles. The van der Waals surface area contributed by atoms with Crippen LogP contribution in [-0.4, -0.2) is 111 Å². The molecule has 28 heavy (non-hydrogen) atoms. The van der Waals surface area contributed by atoms with Crippen molar-refractivity contribution in [3.63, 3.8) is 0 Å². The Morgan fingerprint density at radius 2 is 1.86 bits per heavy atom. The van der Waals surface area contributed by atoms with E-state index in [4.69, 9.17) is 9.73 Å². The summed E-state index contributed by atoms with van der Waals surface area (Å²) >= 11 is 0. The van der Waals surface area contributed by atoms with Gasteiger partial charge in [-0.1, -0.05) is 0 Å². The second kappa shape index (κ2) is 9.89. The van der Waals surface area contributed by atoms with Crippen LogP contribution in [0.2, 0.25) is 0 Å². The van der Waals surface area contributed by atoms with Gasteiger partial charge in [0.1, 0.15) is 0 Å². The summed E-state index contributed by atoms with van der Waals surface area (Å²) < 4.78 is 5.58. The van der Waals surface area contributed by atoms with Crippen LogP contribution in [0.25, 0.3) is 0 Å². The first-order valence-corrected chi connectivity index (χ1v) is 10.8. The zero-order chi connectivity index (χ0) is 20.0. The summed E-state index contributed by atoms with van der Waals surface area (Å²) in [5.74, 6) is 1.17. The van der Waals surface area contributed by atoms with E-state index in [1.165, 1.54) is 0 Å². The second-order valence-corrected chi connectivity index (χ2v) is 8.51. The topological polar surface area (TPSA) is 72.4 Å². The number of likely N-dealkylation sites (N-methyl/N-ethyl adjacent to an activating group) is 1. The Hall–Kier alpha value is -1.38. The standard InChI is InChI=1S/C20H38N6O2/c1-4-21-19(22-16-20(24(2)3)7-13-28-14-8-20)26-11-9-25(10-12-26)15-18(27)23-17-5-6-17/h17H,4-16H2,1-3H3,(H,21,22)(H,23,27). The third-order valence-electron chi connectivity index (χ3n) is 6.21. The summed E-state index contributed by atoms with van der Waals surface area (Å²) in [7, 11) is 4.30. The van der Waals surface area contributed by atoms with Crippen molar-refractivity contribution in [2.45, 2.75) is 44.2 Å². The van der Waals surface area contributed by atoms with Gasteiger partial charge >= 0.3 is 0 Å². The van der Waals surface area contributed by atoms with E-state index in [9.17, 15) is 4.79 Å². The number of nitrogens with one attached hydrogen (secondary N) is 2. The predicted molar refractivity (Wildman–Crippen MR) is 112 cm³/mol. The van der Waals surface area contributed by atoms with E-state index >= 15 is 0 Å². The summed E-state index contributed by atoms with van der Waals surface area (Å²) in [6, 6.07) is 0.440. The van der Waals surface area contributed by atoms with Crippen LogP contribution in [0.3, 0.4) is 0 Å². The molecule has 2 N–H and O–H groups in total. The van der Waals surface area contributed by atoms with Crippen molar-refractivity contribution in [1.82, 2.24) is 25.3 Å². The average Bonchev–Trinajstić information content (AvgIpc) is 3.50. The summed E-state index contributed by atoms with van der Waals surface area (Å²) in [4.78, 5) is 24.0. The van der Waals surface area contributed by atoms with E-state index in [1.54, 1.807) is 0 Å². The molecule has 0 aromatic rings. The molecule has 160 valence electrons. The van der Waals surface area contributed by atoms with Gasteiger partial charge in [0.15, 0.2) is 5.96 Å². The van der Waals surface area contributed by atoms with Crippen LogP contribution in [0, 0.1) is 0 Å². The minimum atomic E-state index is 0.0850. The fraction of sp³-hybridized carbons (Fsp3) is 0.900. The van der Waals surface area contributed by atoms with Crippen molar-refractivity contribution in [3.05, 3.63) is 0 Å². The molecule has 2 aliphatic heterocycles. The highest BCUT2D eigenvalue weighted by molar-refractivity contribution is 5.80. The number of guanidine groups is 1. The van der Waals surface area contributed by atoms with Crippen molar-refractivity contribution >= 4 is 11.9 Å². The van der Waals surface area contributed by atoms with Crippen LogP contribution in [0.4, 0.5) is 0 Å². The maximum Gasteiger partial charge on any atom is 0.234 e. The molecular weight excluding hydrogens is 356 g/mol. The van der Waals surface area contributed by atoms with E-state index in [-0.39, 0.29) is 11.4 Å². The lowest BCUT2D eigenvalue weighted by Crippen LogP contribution is -2.55. The quantitative estimate of drug-likeness (QED) is 0.466. The zero-order valence-electron chi connectivity index (χ0n) is 17.9. The van der Waals surface area contributed by atoms with Crippen LogP contribution in [0.5, 0.6) is 0 Å². The number of nitrogens with zero attached hydrogens (tertiary/aromatic N) is 4. The fourth-order valence-corrected chi connectivity index (χ4v) is 3.97. The van der Waals surface area contributed by atoms with E-state index in [1.807, 2.05) is 0 Å². The van der Waals surface area contributed by atoms with E-state index in [0.29, 0.717) is 12.6 Å². The van der Waals surface area contributed by atoms with Gasteiger partial charge in [0.05, 0.1) is 13.1 Å². The molecule has 0 bridgehead atoms. The molecule has 8 heteroatoms. The van der Waals surface area contributed by atoms with E-state index in [0.717, 1.165) is 84.1 Å². The number of aliphatic imine (C=N–C) groups is 1. The molecular formula is C20H38N6O2. The number of carbonyl (C=O) groups is 1. The van der Waals surface area contributed by atoms with Gasteiger partial charge in [0.25, 0.3) is 0 Å². The second-order valence-electron chi connectivity index (χ2n) is 8.51. The third kappa shape index (κ3) is 5.81. The molecule has 3 fully saturated rings. The largest absolute Gasteiger partial charge is 0.381 e. The predicted octanol–water partition coefficient (Wildman–Crippen LogP) is -0.0411. The number of carbonyl (C=O) groups excluding carboxylic acids is 1. The van der Waals surface area contributed by atoms with Gasteiger partial charge in [-0.3, -0.25) is 14.7 Å². The highest BCUT2D eigenvalue weighted by atomic mass is 16.5. The number of ether oxygens (including phenoxy) is 1. The van der Waals surface area contributed by atoms with Crippen molar-refractivity contribution < 1.29 is 9.53 Å². The van der Waals surface area contributed by atoms with Crippen molar-refractivity contribution in [2.24, 2.45) is 4.99 Å². The van der Waals surface area contributed by atoms with Gasteiger partial charge in [0.2, 0.25) is 5.91 Å². The van der Waals surface area contributed by atoms with Crippen LogP contribution < -0.4 is 10.6 Å². The van der Waals surface area contributed by atoms with Crippen LogP contribution >= 0.6 is 0 Å². The lowest BCUT2D eigenvalue weighted by molar-refractivity contribution is -0.122. The van der Waals surface area contributed by atoms with E-state index < -0.39 is 0 Å². The highest BCUT2D eigenvalue weighted by Gasteiger charge is 2.35. The Balaban J connectivity index is 1.53. The first kappa shape index (κ1) is 21.3. The van der Waals surface area contributed by atoms with Crippen molar-refractivity contribution in [3.8, 4) is 0 Å². The third-order valence-corrected chi connectivity index (χ3v) is 6.21. The molecule has 3 rings (SSSR count). The smallest absolute Gasteiger partial charge is 0.234 e. The molecule has 0 atom stereocenters. The van der Waals surface area contributed by atoms with Gasteiger partial charge in [-0.25, -0.2) is 0 Å².